The molecule has 0 fully saturated rings. The van der Waals surface area contributed by atoms with E-state index in [-0.39, 0.29) is 6.04 Å². The monoisotopic (exact) mass is 411 g/mol. The zero-order valence-electron chi connectivity index (χ0n) is 15.0. The molecule has 2 aliphatic heterocycles. The van der Waals surface area contributed by atoms with E-state index in [2.05, 4.69) is 71.5 Å². The molecule has 3 atom stereocenters. The second-order valence-electron chi connectivity index (χ2n) is 7.70. The lowest BCUT2D eigenvalue weighted by Gasteiger charge is -2.38. The summed E-state index contributed by atoms with van der Waals surface area (Å²) in [7, 11) is 0. The highest BCUT2D eigenvalue weighted by Gasteiger charge is 2.39. The van der Waals surface area contributed by atoms with Gasteiger partial charge in [-0.15, -0.1) is 0 Å². The Kier molecular flexibility index (Phi) is 3.78. The van der Waals surface area contributed by atoms with E-state index in [1.165, 1.54) is 22.4 Å². The molecule has 0 saturated carbocycles. The molecule has 3 unspecified atom stereocenters. The number of ether oxygens (including phenoxy) is 2. The van der Waals surface area contributed by atoms with Crippen molar-refractivity contribution >= 4 is 21.6 Å². The maximum atomic E-state index is 5.62. The predicted octanol–water partition coefficient (Wildman–Crippen LogP) is 6.13. The van der Waals surface area contributed by atoms with E-state index < -0.39 is 0 Å². The molecular weight excluding hydrogens is 390 g/mol. The van der Waals surface area contributed by atoms with Gasteiger partial charge in [0.05, 0.1) is 6.04 Å². The summed E-state index contributed by atoms with van der Waals surface area (Å²) in [6, 6.07) is 11.3. The number of halogens is 1. The van der Waals surface area contributed by atoms with Gasteiger partial charge in [0, 0.05) is 16.1 Å². The Labute approximate surface area is 162 Å². The molecule has 2 aromatic rings. The van der Waals surface area contributed by atoms with Crippen LogP contribution in [-0.4, -0.2) is 6.79 Å². The van der Waals surface area contributed by atoms with Crippen LogP contribution < -0.4 is 14.8 Å². The van der Waals surface area contributed by atoms with E-state index >= 15 is 0 Å². The number of allylic oxidation sites excluding steroid dienone is 2. The first kappa shape index (κ1) is 16.2. The number of rotatable bonds is 2. The van der Waals surface area contributed by atoms with Crippen LogP contribution in [0, 0.1) is 5.92 Å². The number of benzene rings is 2. The van der Waals surface area contributed by atoms with Crippen LogP contribution in [0.1, 0.15) is 54.8 Å². The second-order valence-corrected chi connectivity index (χ2v) is 8.56. The number of fused-ring (bicyclic) bond motifs is 4. The first-order chi connectivity index (χ1) is 12.6. The van der Waals surface area contributed by atoms with Gasteiger partial charge in [-0.2, -0.15) is 0 Å². The molecule has 0 radical (unpaired) electrons. The maximum Gasteiger partial charge on any atom is 0.231 e. The van der Waals surface area contributed by atoms with Gasteiger partial charge < -0.3 is 14.8 Å². The van der Waals surface area contributed by atoms with Crippen molar-refractivity contribution in [2.75, 3.05) is 12.1 Å². The lowest BCUT2D eigenvalue weighted by Crippen LogP contribution is -2.29. The van der Waals surface area contributed by atoms with Gasteiger partial charge in [0.25, 0.3) is 0 Å². The molecule has 0 aromatic heterocycles. The molecule has 5 rings (SSSR count). The maximum absolute atomic E-state index is 5.62. The second kappa shape index (κ2) is 6.05. The van der Waals surface area contributed by atoms with Crippen LogP contribution in [-0.2, 0) is 0 Å². The van der Waals surface area contributed by atoms with Crippen LogP contribution in [0.3, 0.4) is 0 Å². The minimum atomic E-state index is 0.247. The van der Waals surface area contributed by atoms with Gasteiger partial charge in [-0.1, -0.05) is 54.1 Å². The summed E-state index contributed by atoms with van der Waals surface area (Å²) in [5.74, 6) is 3.19. The fraction of sp³-hybridized carbons (Fsp3) is 0.364. The van der Waals surface area contributed by atoms with Crippen LogP contribution >= 0.6 is 15.9 Å². The molecule has 0 saturated heterocycles. The van der Waals surface area contributed by atoms with Crippen molar-refractivity contribution in [1.29, 1.82) is 0 Å². The van der Waals surface area contributed by atoms with E-state index in [1.807, 2.05) is 6.07 Å². The zero-order chi connectivity index (χ0) is 17.8. The summed E-state index contributed by atoms with van der Waals surface area (Å²) in [6.45, 7) is 4.82. The smallest absolute Gasteiger partial charge is 0.231 e. The van der Waals surface area contributed by atoms with Crippen molar-refractivity contribution in [3.8, 4) is 11.5 Å². The van der Waals surface area contributed by atoms with Crippen LogP contribution in [0.2, 0.25) is 0 Å². The van der Waals surface area contributed by atoms with Gasteiger partial charge in [0.2, 0.25) is 6.79 Å². The van der Waals surface area contributed by atoms with Crippen molar-refractivity contribution in [3.63, 3.8) is 0 Å². The topological polar surface area (TPSA) is 30.5 Å². The van der Waals surface area contributed by atoms with Crippen molar-refractivity contribution in [3.05, 3.63) is 63.6 Å². The Morgan fingerprint density at radius 1 is 1.08 bits per heavy atom. The van der Waals surface area contributed by atoms with Crippen molar-refractivity contribution in [2.24, 2.45) is 5.92 Å². The molecule has 134 valence electrons. The highest BCUT2D eigenvalue weighted by atomic mass is 79.9. The van der Waals surface area contributed by atoms with E-state index in [9.17, 15) is 0 Å². The fourth-order valence-corrected chi connectivity index (χ4v) is 5.02. The number of hydrogen-bond acceptors (Lipinski definition) is 3. The van der Waals surface area contributed by atoms with Crippen molar-refractivity contribution in [1.82, 2.24) is 0 Å². The lowest BCUT2D eigenvalue weighted by molar-refractivity contribution is 0.174. The van der Waals surface area contributed by atoms with Gasteiger partial charge in [-0.25, -0.2) is 0 Å². The van der Waals surface area contributed by atoms with Crippen LogP contribution in [0.4, 0.5) is 5.69 Å². The minimum Gasteiger partial charge on any atom is -0.454 e. The van der Waals surface area contributed by atoms with Crippen molar-refractivity contribution < 1.29 is 9.47 Å². The van der Waals surface area contributed by atoms with Crippen LogP contribution in [0.15, 0.2) is 47.0 Å². The third kappa shape index (κ3) is 2.46. The third-order valence-electron chi connectivity index (χ3n) is 5.88. The summed E-state index contributed by atoms with van der Waals surface area (Å²) in [4.78, 5) is 0. The highest BCUT2D eigenvalue weighted by molar-refractivity contribution is 9.10. The molecule has 2 heterocycles. The molecule has 3 aliphatic rings. The average molecular weight is 412 g/mol. The summed E-state index contributed by atoms with van der Waals surface area (Å²) in [5, 5.41) is 3.82. The van der Waals surface area contributed by atoms with Gasteiger partial charge in [-0.05, 0) is 53.1 Å². The lowest BCUT2D eigenvalue weighted by atomic mass is 9.76. The molecular formula is C22H22BrNO2. The Morgan fingerprint density at radius 3 is 2.69 bits per heavy atom. The number of hydrogen-bond donors (Lipinski definition) is 1. The summed E-state index contributed by atoms with van der Waals surface area (Å²) >= 11 is 3.76. The molecule has 0 amide bonds. The molecule has 2 aromatic carbocycles. The first-order valence-corrected chi connectivity index (χ1v) is 10.1. The number of anilines is 1. The van der Waals surface area contributed by atoms with Gasteiger partial charge >= 0.3 is 0 Å². The fourth-order valence-electron chi connectivity index (χ4n) is 4.45. The SMILES string of the molecule is CC(C)c1ccc2c(c1)C1C=CCC1C(c1cc3c(cc1Br)OCO3)N2. The minimum absolute atomic E-state index is 0.247. The van der Waals surface area contributed by atoms with Gasteiger partial charge in [-0.3, -0.25) is 0 Å². The largest absolute Gasteiger partial charge is 0.454 e. The Hall–Kier alpha value is -1.94. The molecule has 26 heavy (non-hydrogen) atoms. The Morgan fingerprint density at radius 2 is 1.88 bits per heavy atom. The van der Waals surface area contributed by atoms with E-state index in [0.29, 0.717) is 24.5 Å². The highest BCUT2D eigenvalue weighted by Crippen LogP contribution is 2.52. The Bertz CT molecular complexity index is 905. The molecule has 1 N–H and O–H groups in total. The number of nitrogens with one attached hydrogen (secondary N) is 1. The van der Waals surface area contributed by atoms with E-state index in [0.717, 1.165) is 22.4 Å². The molecule has 0 bridgehead atoms. The molecule has 1 aliphatic carbocycles. The van der Waals surface area contributed by atoms with E-state index in [1.54, 1.807) is 0 Å². The van der Waals surface area contributed by atoms with E-state index in [4.69, 9.17) is 9.47 Å². The standard InChI is InChI=1S/C22H22BrNO2/c1-12(2)13-6-7-19-16(8-13)14-4-3-5-15(14)22(24-19)17-9-20-21(10-18(17)23)26-11-25-20/h3-4,6-10,12,14-15,22,24H,5,11H2,1-2H3. The van der Waals surface area contributed by atoms with Crippen molar-refractivity contribution in [2.45, 2.75) is 38.1 Å². The molecule has 3 nitrogen and oxygen atoms in total. The predicted molar refractivity (Wildman–Crippen MR) is 107 cm³/mol. The average Bonchev–Trinajstić information content (AvgIpc) is 3.29. The summed E-state index contributed by atoms with van der Waals surface area (Å²) in [6.07, 6.45) is 5.82. The zero-order valence-corrected chi connectivity index (χ0v) is 16.5. The molecule has 0 spiro atoms. The normalized spacial score (nSPS) is 25.2. The third-order valence-corrected chi connectivity index (χ3v) is 6.57. The summed E-state index contributed by atoms with van der Waals surface area (Å²) in [5.41, 5.74) is 5.33. The van der Waals surface area contributed by atoms with Crippen LogP contribution in [0.25, 0.3) is 0 Å². The Balaban J connectivity index is 1.58. The van der Waals surface area contributed by atoms with Crippen LogP contribution in [0.5, 0.6) is 11.5 Å². The molecule has 4 heteroatoms. The van der Waals surface area contributed by atoms with Gasteiger partial charge in [0.1, 0.15) is 0 Å². The summed E-state index contributed by atoms with van der Waals surface area (Å²) < 4.78 is 12.2. The quantitative estimate of drug-likeness (QED) is 0.602. The van der Waals surface area contributed by atoms with Gasteiger partial charge in [0.15, 0.2) is 11.5 Å². The first-order valence-electron chi connectivity index (χ1n) is 9.28.